The molecule has 110 valence electrons. The number of non-ortho nitro benzene ring substituents is 1. The normalized spacial score (nSPS) is 9.95. The van der Waals surface area contributed by atoms with Crippen LogP contribution in [0.4, 0.5) is 17.1 Å². The summed E-state index contributed by atoms with van der Waals surface area (Å²) in [5.41, 5.74) is -4.11. The SMILES string of the molecule is O.O=[N+]([O-])c1cc([N+](=O)[O-])c(S(=O)(=O)[O-])c([N+](=O)[O-])c1.[Na+]. The van der Waals surface area contributed by atoms with E-state index in [2.05, 4.69) is 0 Å². The van der Waals surface area contributed by atoms with Crippen molar-refractivity contribution < 1.29 is 62.8 Å². The van der Waals surface area contributed by atoms with Gasteiger partial charge < -0.3 is 10.0 Å². The molecular weight excluding hydrogens is 329 g/mol. The minimum Gasteiger partial charge on any atom is -0.744 e. The number of nitro groups is 3. The fourth-order valence-corrected chi connectivity index (χ4v) is 2.00. The molecule has 13 nitrogen and oxygen atoms in total. The van der Waals surface area contributed by atoms with E-state index in [0.29, 0.717) is 0 Å². The Kier molecular flexibility index (Phi) is 7.55. The van der Waals surface area contributed by atoms with Gasteiger partial charge in [-0.2, -0.15) is 0 Å². The molecule has 0 aromatic heterocycles. The van der Waals surface area contributed by atoms with Crippen LogP contribution in [0.3, 0.4) is 0 Å². The van der Waals surface area contributed by atoms with Gasteiger partial charge in [-0.25, -0.2) is 8.42 Å². The first-order valence-electron chi connectivity index (χ1n) is 4.13. The van der Waals surface area contributed by atoms with E-state index in [1.54, 1.807) is 0 Å². The second kappa shape index (κ2) is 7.34. The van der Waals surface area contributed by atoms with Gasteiger partial charge in [0.15, 0.2) is 0 Å². The van der Waals surface area contributed by atoms with Gasteiger partial charge in [-0.15, -0.1) is 0 Å². The summed E-state index contributed by atoms with van der Waals surface area (Å²) < 4.78 is 32.5. The predicted octanol–water partition coefficient (Wildman–Crippen LogP) is -3.51. The molecular formula is C6H4N3NaO10S. The molecule has 2 N–H and O–H groups in total. The molecule has 0 saturated heterocycles. The van der Waals surface area contributed by atoms with Crippen molar-refractivity contribution in [2.75, 3.05) is 0 Å². The van der Waals surface area contributed by atoms with Crippen molar-refractivity contribution in [3.8, 4) is 0 Å². The van der Waals surface area contributed by atoms with Gasteiger partial charge in [0.05, 0.1) is 26.9 Å². The number of benzene rings is 1. The molecule has 0 aliphatic carbocycles. The third kappa shape index (κ3) is 4.66. The molecule has 1 rings (SSSR count). The van der Waals surface area contributed by atoms with E-state index in [0.717, 1.165) is 0 Å². The Hall–Kier alpha value is -1.71. The Morgan fingerprint density at radius 3 is 1.38 bits per heavy atom. The van der Waals surface area contributed by atoms with Gasteiger partial charge in [-0.1, -0.05) is 0 Å². The minimum absolute atomic E-state index is 0. The monoisotopic (exact) mass is 333 g/mol. The number of hydrogen-bond acceptors (Lipinski definition) is 9. The van der Waals surface area contributed by atoms with Crippen LogP contribution < -0.4 is 29.6 Å². The first-order chi connectivity index (χ1) is 8.55. The van der Waals surface area contributed by atoms with Crippen molar-refractivity contribution in [1.82, 2.24) is 0 Å². The maximum Gasteiger partial charge on any atom is 1.00 e. The van der Waals surface area contributed by atoms with Crippen LogP contribution in [0.15, 0.2) is 17.0 Å². The van der Waals surface area contributed by atoms with Crippen LogP contribution in [0.5, 0.6) is 0 Å². The quantitative estimate of drug-likeness (QED) is 0.230. The molecule has 0 bridgehead atoms. The second-order valence-corrected chi connectivity index (χ2v) is 4.36. The van der Waals surface area contributed by atoms with Gasteiger partial charge in [0.1, 0.15) is 10.1 Å². The van der Waals surface area contributed by atoms with Crippen LogP contribution in [0.25, 0.3) is 0 Å². The van der Waals surface area contributed by atoms with E-state index in [-0.39, 0.29) is 47.2 Å². The van der Waals surface area contributed by atoms with Crippen LogP contribution in [0, 0.1) is 30.3 Å². The third-order valence-electron chi connectivity index (χ3n) is 1.89. The molecule has 0 heterocycles. The number of nitrogens with zero attached hydrogens (tertiary/aromatic N) is 3. The molecule has 21 heavy (non-hydrogen) atoms. The van der Waals surface area contributed by atoms with E-state index in [1.165, 1.54) is 0 Å². The first kappa shape index (κ1) is 21.6. The molecule has 0 fully saturated rings. The maximum absolute atomic E-state index is 10.8. The van der Waals surface area contributed by atoms with Crippen molar-refractivity contribution in [2.24, 2.45) is 0 Å². The summed E-state index contributed by atoms with van der Waals surface area (Å²) in [5.74, 6) is 0. The number of nitro benzene ring substituents is 3. The predicted molar refractivity (Wildman–Crippen MR) is 58.0 cm³/mol. The molecule has 1 aromatic rings. The molecule has 0 saturated carbocycles. The van der Waals surface area contributed by atoms with Gasteiger partial charge in [0.25, 0.3) is 5.69 Å². The molecule has 0 aliphatic heterocycles. The van der Waals surface area contributed by atoms with Crippen molar-refractivity contribution in [2.45, 2.75) is 4.90 Å². The van der Waals surface area contributed by atoms with Crippen LogP contribution in [-0.2, 0) is 10.1 Å². The summed E-state index contributed by atoms with van der Waals surface area (Å²) in [6, 6.07) is 0.329. The third-order valence-corrected chi connectivity index (χ3v) is 2.81. The van der Waals surface area contributed by atoms with Gasteiger partial charge >= 0.3 is 40.9 Å². The van der Waals surface area contributed by atoms with Crippen molar-refractivity contribution in [3.05, 3.63) is 42.5 Å². The summed E-state index contributed by atoms with van der Waals surface area (Å²) in [6.45, 7) is 0. The smallest absolute Gasteiger partial charge is 0.744 e. The van der Waals surface area contributed by atoms with E-state index >= 15 is 0 Å². The van der Waals surface area contributed by atoms with Crippen molar-refractivity contribution in [1.29, 1.82) is 0 Å². The van der Waals surface area contributed by atoms with E-state index in [1.807, 2.05) is 0 Å². The second-order valence-electron chi connectivity index (χ2n) is 3.04. The van der Waals surface area contributed by atoms with Gasteiger partial charge in [-0.3, -0.25) is 30.3 Å². The number of hydrogen-bond donors (Lipinski definition) is 0. The minimum atomic E-state index is -5.55. The Morgan fingerprint density at radius 2 is 1.19 bits per heavy atom. The average Bonchev–Trinajstić information content (AvgIpc) is 2.25. The van der Waals surface area contributed by atoms with Crippen LogP contribution >= 0.6 is 0 Å². The van der Waals surface area contributed by atoms with Gasteiger partial charge in [0.2, 0.25) is 4.90 Å². The summed E-state index contributed by atoms with van der Waals surface area (Å²) in [5, 5.41) is 31.6. The molecule has 0 aliphatic rings. The zero-order valence-corrected chi connectivity index (χ0v) is 12.9. The largest absolute Gasteiger partial charge is 1.00 e. The van der Waals surface area contributed by atoms with Crippen LogP contribution in [-0.4, -0.2) is 33.2 Å². The summed E-state index contributed by atoms with van der Waals surface area (Å²) in [6.07, 6.45) is 0. The summed E-state index contributed by atoms with van der Waals surface area (Å²) in [7, 11) is -5.55. The van der Waals surface area contributed by atoms with Crippen LogP contribution in [0.2, 0.25) is 0 Å². The van der Waals surface area contributed by atoms with Gasteiger partial charge in [0, 0.05) is 0 Å². The zero-order chi connectivity index (χ0) is 15.0. The number of rotatable bonds is 4. The standard InChI is InChI=1S/C6H3N3O9S.Na.H2O/c10-7(11)3-1-4(8(12)13)6(19(16,17)18)5(2-3)9(14)15;;/h1-2H,(H,16,17,18);;1H2/q;+1;/p-1. The fourth-order valence-electron chi connectivity index (χ4n) is 1.22. The molecule has 0 atom stereocenters. The molecule has 15 heteroatoms. The Bertz CT molecular complexity index is 666. The molecule has 0 amide bonds. The molecule has 1 aromatic carbocycles. The summed E-state index contributed by atoms with van der Waals surface area (Å²) >= 11 is 0. The Labute approximate surface area is 137 Å². The maximum atomic E-state index is 10.8. The average molecular weight is 333 g/mol. The zero-order valence-electron chi connectivity index (χ0n) is 10.1. The van der Waals surface area contributed by atoms with E-state index in [4.69, 9.17) is 0 Å². The topological polar surface area (TPSA) is 218 Å². The fraction of sp³-hybridized carbons (Fsp3) is 0. The Balaban J connectivity index is 0. The van der Waals surface area contributed by atoms with Crippen molar-refractivity contribution >= 4 is 27.2 Å². The molecule has 0 spiro atoms. The van der Waals surface area contributed by atoms with E-state index in [9.17, 15) is 43.3 Å². The first-order valence-corrected chi connectivity index (χ1v) is 5.53. The molecule has 0 radical (unpaired) electrons. The van der Waals surface area contributed by atoms with E-state index < -0.39 is 46.8 Å². The van der Waals surface area contributed by atoms with Crippen LogP contribution in [0.1, 0.15) is 0 Å². The Morgan fingerprint density at radius 1 is 0.857 bits per heavy atom. The molecule has 0 unspecified atom stereocenters. The van der Waals surface area contributed by atoms with Gasteiger partial charge in [-0.05, 0) is 0 Å². The summed E-state index contributed by atoms with van der Waals surface area (Å²) in [4.78, 5) is 25.8. The van der Waals surface area contributed by atoms with Crippen molar-refractivity contribution in [3.63, 3.8) is 0 Å².